The average molecular weight is 395 g/mol. The molecule has 0 amide bonds. The van der Waals surface area contributed by atoms with E-state index in [0.717, 1.165) is 0 Å². The molecule has 3 aliphatic heterocycles. The predicted molar refractivity (Wildman–Crippen MR) is 98.0 cm³/mol. The maximum Gasteiger partial charge on any atom is 0.338 e. The number of hydrogen-bond acceptors (Lipinski definition) is 8. The summed E-state index contributed by atoms with van der Waals surface area (Å²) in [6.07, 6.45) is 1.73. The largest absolute Gasteiger partial charge is 0.463 e. The summed E-state index contributed by atoms with van der Waals surface area (Å²) in [5.41, 5.74) is -1.33. The summed E-state index contributed by atoms with van der Waals surface area (Å²) < 4.78 is 16.7. The molecule has 156 valence electrons. The Morgan fingerprint density at radius 2 is 2.11 bits per heavy atom. The van der Waals surface area contributed by atoms with Gasteiger partial charge in [-0.2, -0.15) is 0 Å². The van der Waals surface area contributed by atoms with Crippen LogP contribution < -0.4 is 0 Å². The van der Waals surface area contributed by atoms with Gasteiger partial charge in [-0.15, -0.1) is 0 Å². The average Bonchev–Trinajstić information content (AvgIpc) is 3.15. The van der Waals surface area contributed by atoms with Crippen molar-refractivity contribution in [1.29, 1.82) is 0 Å². The molecule has 0 radical (unpaired) electrons. The Balaban J connectivity index is 1.93. The van der Waals surface area contributed by atoms with E-state index in [4.69, 9.17) is 14.2 Å². The molecule has 3 rings (SSSR count). The van der Waals surface area contributed by atoms with E-state index in [-0.39, 0.29) is 31.1 Å². The van der Waals surface area contributed by atoms with Crippen molar-refractivity contribution in [3.63, 3.8) is 0 Å². The molecule has 3 fully saturated rings. The van der Waals surface area contributed by atoms with Crippen molar-refractivity contribution in [2.24, 2.45) is 11.8 Å². The lowest BCUT2D eigenvalue weighted by molar-refractivity contribution is -0.174. The van der Waals surface area contributed by atoms with Gasteiger partial charge in [-0.3, -0.25) is 9.69 Å². The monoisotopic (exact) mass is 395 g/mol. The van der Waals surface area contributed by atoms with Gasteiger partial charge >= 0.3 is 17.9 Å². The number of nitrogens with zero attached hydrogens (tertiary/aromatic N) is 1. The SMILES string of the molecule is CC=C1CC(C)C(C)(O)C(=O)OCC2C(OC(C)=O)CN3CCC(OC1=O)C23. The lowest BCUT2D eigenvalue weighted by atomic mass is 9.85. The standard InChI is InChI=1S/C20H29NO7/c1-5-13-8-11(2)20(4,25)19(24)26-10-14-16(27-12(3)22)9-21-7-6-15(17(14)21)28-18(13)23/h5,11,14-17,25H,6-10H2,1-4H3. The number of ether oxygens (including phenoxy) is 3. The van der Waals surface area contributed by atoms with Crippen LogP contribution in [0.1, 0.15) is 40.5 Å². The van der Waals surface area contributed by atoms with Gasteiger partial charge in [0.2, 0.25) is 0 Å². The number of esters is 3. The van der Waals surface area contributed by atoms with E-state index in [0.29, 0.717) is 25.1 Å². The Hall–Kier alpha value is -1.93. The molecular weight excluding hydrogens is 366 g/mol. The maximum atomic E-state index is 12.7. The van der Waals surface area contributed by atoms with Crippen molar-refractivity contribution in [3.8, 4) is 0 Å². The van der Waals surface area contributed by atoms with Crippen LogP contribution in [-0.2, 0) is 28.6 Å². The summed E-state index contributed by atoms with van der Waals surface area (Å²) in [6.45, 7) is 7.37. The molecule has 8 heteroatoms. The van der Waals surface area contributed by atoms with Crippen LogP contribution in [0.3, 0.4) is 0 Å². The minimum Gasteiger partial charge on any atom is -0.463 e. The Kier molecular flexibility index (Phi) is 5.82. The molecule has 3 heterocycles. The van der Waals surface area contributed by atoms with Crippen LogP contribution in [0.15, 0.2) is 11.6 Å². The first-order chi connectivity index (χ1) is 13.1. The molecule has 3 saturated heterocycles. The summed E-state index contributed by atoms with van der Waals surface area (Å²) in [7, 11) is 0. The van der Waals surface area contributed by atoms with E-state index in [2.05, 4.69) is 4.90 Å². The van der Waals surface area contributed by atoms with Crippen LogP contribution >= 0.6 is 0 Å². The summed E-state index contributed by atoms with van der Waals surface area (Å²) in [5, 5.41) is 10.7. The van der Waals surface area contributed by atoms with Gasteiger partial charge in [-0.1, -0.05) is 13.0 Å². The molecule has 0 aromatic rings. The fraction of sp³-hybridized carbons (Fsp3) is 0.750. The quantitative estimate of drug-likeness (QED) is 0.395. The maximum absolute atomic E-state index is 12.7. The van der Waals surface area contributed by atoms with E-state index in [1.54, 1.807) is 19.9 Å². The van der Waals surface area contributed by atoms with E-state index in [9.17, 15) is 19.5 Å². The van der Waals surface area contributed by atoms with Crippen molar-refractivity contribution in [2.45, 2.75) is 64.4 Å². The highest BCUT2D eigenvalue weighted by molar-refractivity contribution is 5.89. The second-order valence-corrected chi connectivity index (χ2v) is 8.19. The number of carbonyl (C=O) groups excluding carboxylic acids is 3. The zero-order valence-electron chi connectivity index (χ0n) is 16.8. The number of allylic oxidation sites excluding steroid dienone is 1. The second kappa shape index (κ2) is 7.83. The molecular formula is C20H29NO7. The van der Waals surface area contributed by atoms with Crippen molar-refractivity contribution >= 4 is 17.9 Å². The molecule has 3 aliphatic rings. The lowest BCUT2D eigenvalue weighted by Gasteiger charge is -2.33. The van der Waals surface area contributed by atoms with Crippen molar-refractivity contribution in [3.05, 3.63) is 11.6 Å². The molecule has 6 unspecified atom stereocenters. The molecule has 0 saturated carbocycles. The Labute approximate surface area is 164 Å². The summed E-state index contributed by atoms with van der Waals surface area (Å²) >= 11 is 0. The summed E-state index contributed by atoms with van der Waals surface area (Å²) in [6, 6.07) is -0.194. The zero-order valence-corrected chi connectivity index (χ0v) is 16.8. The fourth-order valence-electron chi connectivity index (χ4n) is 4.45. The van der Waals surface area contributed by atoms with Crippen LogP contribution in [0.2, 0.25) is 0 Å². The first-order valence-electron chi connectivity index (χ1n) is 9.82. The highest BCUT2D eigenvalue weighted by Crippen LogP contribution is 2.38. The number of rotatable bonds is 1. The molecule has 0 aromatic carbocycles. The molecule has 6 atom stereocenters. The van der Waals surface area contributed by atoms with Crippen LogP contribution in [0.4, 0.5) is 0 Å². The minimum atomic E-state index is -1.75. The van der Waals surface area contributed by atoms with Gasteiger partial charge in [-0.05, 0) is 32.6 Å². The van der Waals surface area contributed by atoms with Crippen molar-refractivity contribution < 1.29 is 33.7 Å². The number of aliphatic hydroxyl groups is 1. The third kappa shape index (κ3) is 3.80. The first kappa shape index (κ1) is 20.8. The fourth-order valence-corrected chi connectivity index (χ4v) is 4.45. The van der Waals surface area contributed by atoms with Gasteiger partial charge in [0.15, 0.2) is 5.60 Å². The summed E-state index contributed by atoms with van der Waals surface area (Å²) in [5.74, 6) is -2.44. The summed E-state index contributed by atoms with van der Waals surface area (Å²) in [4.78, 5) is 39.0. The molecule has 0 bridgehead atoms. The molecule has 0 aliphatic carbocycles. The Morgan fingerprint density at radius 1 is 1.39 bits per heavy atom. The normalized spacial score (nSPS) is 40.9. The molecule has 1 N–H and O–H groups in total. The molecule has 0 spiro atoms. The third-order valence-electron chi connectivity index (χ3n) is 6.33. The molecule has 28 heavy (non-hydrogen) atoms. The Bertz CT molecular complexity index is 686. The van der Waals surface area contributed by atoms with Crippen molar-refractivity contribution in [1.82, 2.24) is 4.90 Å². The van der Waals surface area contributed by atoms with Gasteiger partial charge in [0.05, 0.1) is 18.6 Å². The number of carbonyl (C=O) groups is 3. The van der Waals surface area contributed by atoms with E-state index < -0.39 is 35.5 Å². The number of hydrogen-bond donors (Lipinski definition) is 1. The molecule has 8 nitrogen and oxygen atoms in total. The third-order valence-corrected chi connectivity index (χ3v) is 6.33. The van der Waals surface area contributed by atoms with Gasteiger partial charge in [0.1, 0.15) is 12.2 Å². The molecule has 0 aromatic heterocycles. The second-order valence-electron chi connectivity index (χ2n) is 8.19. The minimum absolute atomic E-state index is 0.00859. The smallest absolute Gasteiger partial charge is 0.338 e. The van der Waals surface area contributed by atoms with Crippen LogP contribution in [0, 0.1) is 11.8 Å². The van der Waals surface area contributed by atoms with E-state index in [1.165, 1.54) is 13.8 Å². The van der Waals surface area contributed by atoms with Gasteiger partial charge in [-0.25, -0.2) is 9.59 Å². The van der Waals surface area contributed by atoms with Crippen LogP contribution in [0.5, 0.6) is 0 Å². The zero-order chi connectivity index (χ0) is 20.6. The first-order valence-corrected chi connectivity index (χ1v) is 9.82. The van der Waals surface area contributed by atoms with Crippen LogP contribution in [0.25, 0.3) is 0 Å². The van der Waals surface area contributed by atoms with Crippen LogP contribution in [-0.4, -0.2) is 71.5 Å². The van der Waals surface area contributed by atoms with E-state index >= 15 is 0 Å². The van der Waals surface area contributed by atoms with Gasteiger partial charge in [0, 0.05) is 25.6 Å². The predicted octanol–water partition coefficient (Wildman–Crippen LogP) is 0.814. The van der Waals surface area contributed by atoms with Gasteiger partial charge < -0.3 is 19.3 Å². The topological polar surface area (TPSA) is 102 Å². The lowest BCUT2D eigenvalue weighted by Crippen LogP contribution is -2.47. The van der Waals surface area contributed by atoms with Crippen molar-refractivity contribution in [2.75, 3.05) is 19.7 Å². The van der Waals surface area contributed by atoms with Gasteiger partial charge in [0.25, 0.3) is 0 Å². The highest BCUT2D eigenvalue weighted by Gasteiger charge is 2.53. The highest BCUT2D eigenvalue weighted by atomic mass is 16.6. The van der Waals surface area contributed by atoms with E-state index in [1.807, 2.05) is 0 Å². The number of cyclic esters (lactones) is 1. The Morgan fingerprint density at radius 3 is 2.75 bits per heavy atom.